The maximum absolute atomic E-state index is 13.8. The van der Waals surface area contributed by atoms with Gasteiger partial charge in [0.1, 0.15) is 12.4 Å². The number of hydrogen-bond acceptors (Lipinski definition) is 6. The predicted molar refractivity (Wildman–Crippen MR) is 150 cm³/mol. The average Bonchev–Trinajstić information content (AvgIpc) is 3.21. The number of nitrogens with zero attached hydrogens (tertiary/aromatic N) is 3. The van der Waals surface area contributed by atoms with E-state index in [0.29, 0.717) is 40.2 Å². The van der Waals surface area contributed by atoms with Crippen molar-refractivity contribution < 1.29 is 28.3 Å². The number of hydrogen-bond donors (Lipinski definition) is 1. The van der Waals surface area contributed by atoms with Crippen molar-refractivity contribution in [2.24, 2.45) is 0 Å². The number of carbonyl (C=O) groups excluding carboxylic acids is 4. The zero-order valence-corrected chi connectivity index (χ0v) is 23.6. The van der Waals surface area contributed by atoms with E-state index >= 15 is 0 Å². The fraction of sp³-hybridized carbons (Fsp3) is 0.276. The summed E-state index contributed by atoms with van der Waals surface area (Å²) >= 11 is 11.8. The van der Waals surface area contributed by atoms with Gasteiger partial charge in [-0.25, -0.2) is 9.18 Å². The van der Waals surface area contributed by atoms with E-state index in [1.54, 1.807) is 42.5 Å². The second kappa shape index (κ2) is 13.6. The molecule has 1 aromatic heterocycles. The lowest BCUT2D eigenvalue weighted by molar-refractivity contribution is -0.144. The first-order valence-electron chi connectivity index (χ1n) is 12.8. The highest BCUT2D eigenvalue weighted by Crippen LogP contribution is 2.23. The van der Waals surface area contributed by atoms with Crippen molar-refractivity contribution >= 4 is 47.0 Å². The highest BCUT2D eigenvalue weighted by atomic mass is 35.5. The standard InChI is InChI=1S/C29H27Cl2FN4O5/c1-35(29(40)34-15-18-6-4-10-24(32)26(18)31)21(17-41-25(37)14-20-12-11-19(30)16-33-20)7-5-13-36-27(38)22-8-2-3-9-23(22)28(36)39/h2-4,6,8-12,16,21H,5,7,13-15,17H2,1H3,(H,34,40)/t21-/m0/s1. The molecule has 4 rings (SSSR count). The van der Waals surface area contributed by atoms with Gasteiger partial charge in [0.05, 0.1) is 39.3 Å². The number of likely N-dealkylation sites (N-methyl/N-ethyl adjacent to an activating group) is 1. The Morgan fingerprint density at radius 1 is 1.05 bits per heavy atom. The number of ether oxygens (including phenoxy) is 1. The van der Waals surface area contributed by atoms with Crippen LogP contribution in [0.15, 0.2) is 60.8 Å². The molecule has 0 bridgehead atoms. The van der Waals surface area contributed by atoms with E-state index in [9.17, 15) is 23.6 Å². The number of urea groups is 1. The smallest absolute Gasteiger partial charge is 0.317 e. The number of aromatic nitrogens is 1. The Kier molecular flexibility index (Phi) is 9.91. The van der Waals surface area contributed by atoms with Crippen LogP contribution >= 0.6 is 23.2 Å². The van der Waals surface area contributed by atoms with E-state index in [2.05, 4.69) is 10.3 Å². The number of fused-ring (bicyclic) bond motifs is 1. The van der Waals surface area contributed by atoms with E-state index in [-0.39, 0.29) is 43.0 Å². The molecule has 214 valence electrons. The first-order chi connectivity index (χ1) is 19.7. The molecule has 3 aromatic rings. The minimum atomic E-state index is -0.602. The van der Waals surface area contributed by atoms with Gasteiger partial charge in [0.2, 0.25) is 0 Å². The molecule has 0 spiro atoms. The molecule has 0 unspecified atom stereocenters. The van der Waals surface area contributed by atoms with Crippen molar-refractivity contribution in [2.75, 3.05) is 20.2 Å². The average molecular weight is 601 g/mol. The van der Waals surface area contributed by atoms with Crippen molar-refractivity contribution in [3.63, 3.8) is 0 Å². The molecule has 9 nitrogen and oxygen atoms in total. The molecule has 0 radical (unpaired) electrons. The van der Waals surface area contributed by atoms with Gasteiger partial charge in [-0.05, 0) is 48.7 Å². The minimum Gasteiger partial charge on any atom is -0.463 e. The summed E-state index contributed by atoms with van der Waals surface area (Å²) in [5.41, 5.74) is 1.58. The zero-order valence-electron chi connectivity index (χ0n) is 22.1. The van der Waals surface area contributed by atoms with Gasteiger partial charge in [-0.3, -0.25) is 24.3 Å². The number of nitrogens with one attached hydrogen (secondary N) is 1. The van der Waals surface area contributed by atoms with Crippen molar-refractivity contribution in [1.82, 2.24) is 20.1 Å². The van der Waals surface area contributed by atoms with E-state index < -0.39 is 23.9 Å². The number of rotatable bonds is 11. The molecule has 41 heavy (non-hydrogen) atoms. The van der Waals surface area contributed by atoms with Crippen molar-refractivity contribution in [3.05, 3.63) is 99.0 Å². The molecule has 1 N–H and O–H groups in total. The lowest BCUT2D eigenvalue weighted by atomic mass is 10.1. The topological polar surface area (TPSA) is 109 Å². The normalized spacial score (nSPS) is 13.1. The molecule has 0 fully saturated rings. The number of pyridine rings is 1. The van der Waals surface area contributed by atoms with Crippen LogP contribution < -0.4 is 5.32 Å². The molecule has 12 heteroatoms. The Balaban J connectivity index is 1.38. The van der Waals surface area contributed by atoms with E-state index in [1.807, 2.05) is 0 Å². The van der Waals surface area contributed by atoms with Crippen molar-refractivity contribution in [1.29, 1.82) is 0 Å². The van der Waals surface area contributed by atoms with Gasteiger partial charge in [0.25, 0.3) is 11.8 Å². The van der Waals surface area contributed by atoms with Gasteiger partial charge in [-0.2, -0.15) is 0 Å². The highest BCUT2D eigenvalue weighted by Gasteiger charge is 2.35. The van der Waals surface area contributed by atoms with Crippen molar-refractivity contribution in [2.45, 2.75) is 31.8 Å². The number of carbonyl (C=O) groups is 4. The van der Waals surface area contributed by atoms with Crippen LogP contribution in [0.5, 0.6) is 0 Å². The molecular weight excluding hydrogens is 574 g/mol. The number of benzene rings is 2. The van der Waals surface area contributed by atoms with Crippen molar-refractivity contribution in [3.8, 4) is 0 Å². The third kappa shape index (κ3) is 7.39. The van der Waals surface area contributed by atoms with Gasteiger partial charge >= 0.3 is 12.0 Å². The summed E-state index contributed by atoms with van der Waals surface area (Å²) in [6.07, 6.45) is 1.99. The fourth-order valence-corrected chi connectivity index (χ4v) is 4.67. The molecule has 1 aliphatic rings. The number of amides is 4. The Hall–Kier alpha value is -4.02. The minimum absolute atomic E-state index is 0.0243. The summed E-state index contributed by atoms with van der Waals surface area (Å²) in [6.45, 7) is -0.0391. The SMILES string of the molecule is CN(C(=O)NCc1cccc(F)c1Cl)[C@@H](CCCN1C(=O)c2ccccc2C1=O)COC(=O)Cc1ccc(Cl)cn1. The Bertz CT molecular complexity index is 1420. The molecule has 4 amide bonds. The molecular formula is C29H27Cl2FN4O5. The number of imide groups is 1. The zero-order chi connectivity index (χ0) is 29.5. The highest BCUT2D eigenvalue weighted by molar-refractivity contribution is 6.31. The largest absolute Gasteiger partial charge is 0.463 e. The molecule has 2 aromatic carbocycles. The summed E-state index contributed by atoms with van der Waals surface area (Å²) in [5, 5.41) is 3.04. The maximum Gasteiger partial charge on any atom is 0.317 e. The Morgan fingerprint density at radius 3 is 2.41 bits per heavy atom. The summed E-state index contributed by atoms with van der Waals surface area (Å²) in [4.78, 5) is 57.6. The lowest BCUT2D eigenvalue weighted by Crippen LogP contribution is -2.46. The summed E-state index contributed by atoms with van der Waals surface area (Å²) in [6, 6.07) is 13.0. The van der Waals surface area contributed by atoms with Crippen LogP contribution in [0.2, 0.25) is 10.0 Å². The molecule has 0 aliphatic carbocycles. The summed E-state index contributed by atoms with van der Waals surface area (Å²) in [5.74, 6) is -1.89. The van der Waals surface area contributed by atoms with Crippen LogP contribution in [0.4, 0.5) is 9.18 Å². The molecule has 0 saturated heterocycles. The van der Waals surface area contributed by atoms with Gasteiger partial charge < -0.3 is 15.0 Å². The quantitative estimate of drug-likeness (QED) is 0.248. The third-order valence-electron chi connectivity index (χ3n) is 6.68. The second-order valence-electron chi connectivity index (χ2n) is 9.41. The molecule has 1 aliphatic heterocycles. The first-order valence-corrected chi connectivity index (χ1v) is 13.6. The van der Waals surface area contributed by atoms with E-state index in [1.165, 1.54) is 35.2 Å². The second-order valence-corrected chi connectivity index (χ2v) is 10.2. The maximum atomic E-state index is 13.8. The summed E-state index contributed by atoms with van der Waals surface area (Å²) in [7, 11) is 1.53. The van der Waals surface area contributed by atoms with Gasteiger partial charge in [0, 0.05) is 26.3 Å². The Morgan fingerprint density at radius 2 is 1.76 bits per heavy atom. The molecule has 1 atom stereocenters. The van der Waals surface area contributed by atoms with Gasteiger partial charge in [-0.15, -0.1) is 0 Å². The molecule has 0 saturated carbocycles. The number of esters is 1. The van der Waals surface area contributed by atoms with Crippen LogP contribution in [0.3, 0.4) is 0 Å². The number of halogens is 3. The first kappa shape index (κ1) is 30.0. The van der Waals surface area contributed by atoms with Crippen LogP contribution in [-0.2, 0) is 22.5 Å². The fourth-order valence-electron chi connectivity index (χ4n) is 4.36. The van der Waals surface area contributed by atoms with Crippen LogP contribution in [0.25, 0.3) is 0 Å². The predicted octanol–water partition coefficient (Wildman–Crippen LogP) is 4.90. The molecule has 2 heterocycles. The van der Waals surface area contributed by atoms with Crippen LogP contribution in [0, 0.1) is 5.82 Å². The monoisotopic (exact) mass is 600 g/mol. The third-order valence-corrected chi connectivity index (χ3v) is 7.32. The Labute approximate surface area is 246 Å². The van der Waals surface area contributed by atoms with Crippen LogP contribution in [-0.4, -0.2) is 64.8 Å². The van der Waals surface area contributed by atoms with E-state index in [4.69, 9.17) is 27.9 Å². The lowest BCUT2D eigenvalue weighted by Gasteiger charge is -2.28. The van der Waals surface area contributed by atoms with Crippen LogP contribution in [0.1, 0.15) is 44.8 Å². The van der Waals surface area contributed by atoms with Gasteiger partial charge in [-0.1, -0.05) is 47.5 Å². The summed E-state index contributed by atoms with van der Waals surface area (Å²) < 4.78 is 19.3. The van der Waals surface area contributed by atoms with E-state index in [0.717, 1.165) is 0 Å². The van der Waals surface area contributed by atoms with Gasteiger partial charge in [0.15, 0.2) is 0 Å².